The number of nitrogens with two attached hydrogens (primary N) is 1. The Kier molecular flexibility index (Phi) is 5.69. The van der Waals surface area contributed by atoms with Gasteiger partial charge in [-0.1, -0.05) is 13.8 Å². The number of hydrogen-bond donors (Lipinski definition) is 1. The second-order valence-electron chi connectivity index (χ2n) is 5.40. The lowest BCUT2D eigenvalue weighted by Crippen LogP contribution is -2.17. The summed E-state index contributed by atoms with van der Waals surface area (Å²) in [5.74, 6) is -0.0729. The first-order valence-electron chi connectivity index (χ1n) is 7.11. The minimum Gasteiger partial charge on any atom is -0.378 e. The van der Waals surface area contributed by atoms with Crippen molar-refractivity contribution in [3.8, 4) is 0 Å². The van der Waals surface area contributed by atoms with E-state index in [-0.39, 0.29) is 17.7 Å². The highest BCUT2D eigenvalue weighted by Crippen LogP contribution is 2.31. The average Bonchev–Trinajstić information content (AvgIpc) is 2.72. The lowest BCUT2D eigenvalue weighted by Gasteiger charge is -2.13. The molecule has 2 aromatic rings. The van der Waals surface area contributed by atoms with Gasteiger partial charge in [0.1, 0.15) is 11.7 Å². The van der Waals surface area contributed by atoms with Crippen LogP contribution in [0, 0.1) is 5.82 Å². The van der Waals surface area contributed by atoms with Crippen molar-refractivity contribution >= 4 is 27.4 Å². The van der Waals surface area contributed by atoms with Crippen LogP contribution in [0.1, 0.15) is 38.3 Å². The largest absolute Gasteiger partial charge is 0.378 e. The quantitative estimate of drug-likeness (QED) is 0.827. The molecular weight excluding hydrogens is 358 g/mol. The summed E-state index contributed by atoms with van der Waals surface area (Å²) in [5.41, 5.74) is 6.57. The van der Waals surface area contributed by atoms with Gasteiger partial charge in [0, 0.05) is 6.61 Å². The van der Waals surface area contributed by atoms with E-state index in [9.17, 15) is 8.78 Å². The Bertz CT molecular complexity index is 641. The Labute approximate surface area is 136 Å². The van der Waals surface area contributed by atoms with E-state index in [1.807, 2.05) is 13.8 Å². The Balaban J connectivity index is 0.000000211. The fourth-order valence-corrected chi connectivity index (χ4v) is 3.04. The van der Waals surface area contributed by atoms with Crippen LogP contribution in [0.5, 0.6) is 0 Å². The summed E-state index contributed by atoms with van der Waals surface area (Å²) in [6.07, 6.45) is 2.28. The van der Waals surface area contributed by atoms with Gasteiger partial charge in [0.2, 0.25) is 5.95 Å². The van der Waals surface area contributed by atoms with Gasteiger partial charge in [-0.2, -0.15) is 0 Å². The summed E-state index contributed by atoms with van der Waals surface area (Å²) in [7, 11) is 0. The van der Waals surface area contributed by atoms with E-state index in [0.29, 0.717) is 23.0 Å². The van der Waals surface area contributed by atoms with E-state index in [4.69, 9.17) is 10.5 Å². The summed E-state index contributed by atoms with van der Waals surface area (Å²) in [6, 6.07) is 0. The number of rotatable bonds is 1. The molecule has 2 N–H and O–H groups in total. The van der Waals surface area contributed by atoms with E-state index in [2.05, 4.69) is 26.0 Å². The molecule has 1 fully saturated rings. The van der Waals surface area contributed by atoms with Crippen molar-refractivity contribution in [1.29, 1.82) is 0 Å². The van der Waals surface area contributed by atoms with Gasteiger partial charge in [-0.25, -0.2) is 18.3 Å². The van der Waals surface area contributed by atoms with Crippen LogP contribution in [0.4, 0.5) is 14.7 Å². The molecule has 1 unspecified atom stereocenters. The molecule has 122 valence electrons. The molecule has 0 bridgehead atoms. The molecule has 0 radical (unpaired) electrons. The Hall–Kier alpha value is -1.28. The van der Waals surface area contributed by atoms with Crippen LogP contribution in [-0.2, 0) is 4.74 Å². The van der Waals surface area contributed by atoms with Crippen LogP contribution >= 0.6 is 15.9 Å². The summed E-state index contributed by atoms with van der Waals surface area (Å²) in [5, 5.41) is 3.99. The maximum Gasteiger partial charge on any atom is 0.238 e. The molecule has 1 atom stereocenters. The van der Waals surface area contributed by atoms with E-state index in [1.54, 1.807) is 0 Å². The molecule has 0 spiro atoms. The minimum atomic E-state index is -0.686. The molecule has 2 aromatic heterocycles. The number of fused-ring (bicyclic) bond motifs is 1. The van der Waals surface area contributed by atoms with Crippen LogP contribution in [0.2, 0.25) is 0 Å². The van der Waals surface area contributed by atoms with E-state index in [1.165, 1.54) is 10.7 Å². The van der Waals surface area contributed by atoms with Crippen molar-refractivity contribution in [3.05, 3.63) is 22.2 Å². The van der Waals surface area contributed by atoms with Gasteiger partial charge >= 0.3 is 0 Å². The molecule has 0 saturated carbocycles. The average molecular weight is 377 g/mol. The number of alkyl halides is 1. The van der Waals surface area contributed by atoms with Crippen LogP contribution in [-0.4, -0.2) is 34.0 Å². The Morgan fingerprint density at radius 3 is 2.73 bits per heavy atom. The van der Waals surface area contributed by atoms with Crippen molar-refractivity contribution in [2.24, 2.45) is 0 Å². The zero-order valence-electron chi connectivity index (χ0n) is 12.5. The predicted molar refractivity (Wildman–Crippen MR) is 84.1 cm³/mol. The molecule has 22 heavy (non-hydrogen) atoms. The van der Waals surface area contributed by atoms with Crippen molar-refractivity contribution in [2.45, 2.75) is 38.8 Å². The predicted octanol–water partition coefficient (Wildman–Crippen LogP) is 3.47. The minimum absolute atomic E-state index is 0.131. The normalized spacial score (nSPS) is 18.4. The van der Waals surface area contributed by atoms with Gasteiger partial charge < -0.3 is 10.5 Å². The second-order valence-corrected chi connectivity index (χ2v) is 6.19. The molecule has 1 aliphatic rings. The van der Waals surface area contributed by atoms with Crippen LogP contribution in [0.3, 0.4) is 0 Å². The number of aromatic nitrogens is 3. The molecule has 3 rings (SSSR count). The first-order chi connectivity index (χ1) is 10.4. The van der Waals surface area contributed by atoms with E-state index in [0.717, 1.165) is 18.7 Å². The van der Waals surface area contributed by atoms with Crippen molar-refractivity contribution in [3.63, 3.8) is 0 Å². The summed E-state index contributed by atoms with van der Waals surface area (Å²) in [6.45, 7) is 5.00. The zero-order chi connectivity index (χ0) is 16.3. The highest BCUT2D eigenvalue weighted by molar-refractivity contribution is 9.10. The topological polar surface area (TPSA) is 65.4 Å². The van der Waals surface area contributed by atoms with E-state index < -0.39 is 6.17 Å². The van der Waals surface area contributed by atoms with Crippen molar-refractivity contribution < 1.29 is 13.5 Å². The fourth-order valence-electron chi connectivity index (χ4n) is 2.21. The summed E-state index contributed by atoms with van der Waals surface area (Å²) >= 11 is 3.21. The van der Waals surface area contributed by atoms with Crippen LogP contribution in [0.15, 0.2) is 10.7 Å². The zero-order valence-corrected chi connectivity index (χ0v) is 14.1. The molecule has 0 amide bonds. The van der Waals surface area contributed by atoms with Crippen molar-refractivity contribution in [2.75, 3.05) is 18.9 Å². The lowest BCUT2D eigenvalue weighted by molar-refractivity contribution is 0.0366. The van der Waals surface area contributed by atoms with Gasteiger partial charge in [-0.15, -0.1) is 5.10 Å². The molecule has 0 aliphatic carbocycles. The molecule has 0 aromatic carbocycles. The number of nitrogens with zero attached hydrogens (tertiary/aromatic N) is 3. The first-order valence-corrected chi connectivity index (χ1v) is 7.91. The van der Waals surface area contributed by atoms with Gasteiger partial charge in [0.15, 0.2) is 5.82 Å². The third-order valence-electron chi connectivity index (χ3n) is 3.27. The molecule has 3 heterocycles. The van der Waals surface area contributed by atoms with Gasteiger partial charge in [0.25, 0.3) is 0 Å². The third-order valence-corrected chi connectivity index (χ3v) is 4.03. The fraction of sp³-hybridized carbons (Fsp3) is 0.571. The number of ether oxygens (including phenoxy) is 1. The highest BCUT2D eigenvalue weighted by atomic mass is 79.9. The lowest BCUT2D eigenvalue weighted by atomic mass is 10.1. The molecule has 1 aliphatic heterocycles. The first kappa shape index (κ1) is 17.1. The SMILES string of the molecule is CC(C)c1c(Br)c(F)c2cnc(N)nn12.FC1CCCOC1. The van der Waals surface area contributed by atoms with Crippen LogP contribution < -0.4 is 5.73 Å². The Morgan fingerprint density at radius 2 is 2.23 bits per heavy atom. The van der Waals surface area contributed by atoms with Gasteiger partial charge in [-0.05, 0) is 34.7 Å². The standard InChI is InChI=1S/C9H10BrFN4.C5H9FO/c1-4(2)8-6(10)7(11)5-3-13-9(12)14-15(5)8;6-5-2-1-3-7-4-5/h3-4H,1-2H3,(H2,12,14);5H,1-4H2. The van der Waals surface area contributed by atoms with Crippen molar-refractivity contribution in [1.82, 2.24) is 14.6 Å². The molecule has 8 heteroatoms. The van der Waals surface area contributed by atoms with Gasteiger partial charge in [0.05, 0.1) is 23.0 Å². The number of nitrogen functional groups attached to an aromatic ring is 1. The van der Waals surface area contributed by atoms with E-state index >= 15 is 0 Å². The number of anilines is 1. The summed E-state index contributed by atoms with van der Waals surface area (Å²) < 4.78 is 32.5. The highest BCUT2D eigenvalue weighted by Gasteiger charge is 2.19. The second kappa shape index (κ2) is 7.32. The molecule has 5 nitrogen and oxygen atoms in total. The van der Waals surface area contributed by atoms with Crippen LogP contribution in [0.25, 0.3) is 5.52 Å². The third kappa shape index (κ3) is 3.73. The number of halogens is 3. The Morgan fingerprint density at radius 1 is 1.50 bits per heavy atom. The maximum absolute atomic E-state index is 13.7. The monoisotopic (exact) mass is 376 g/mol. The maximum atomic E-state index is 13.7. The molecular formula is C14H19BrF2N4O. The summed E-state index contributed by atoms with van der Waals surface area (Å²) in [4.78, 5) is 3.77. The van der Waals surface area contributed by atoms with Gasteiger partial charge in [-0.3, -0.25) is 0 Å². The number of hydrogen-bond acceptors (Lipinski definition) is 4. The molecule has 1 saturated heterocycles. The smallest absolute Gasteiger partial charge is 0.238 e.